The van der Waals surface area contributed by atoms with Crippen LogP contribution < -0.4 is 28.9 Å². The zero-order valence-electron chi connectivity index (χ0n) is 36.9. The number of carbonyl (C=O) groups excluding carboxylic acids is 1. The normalized spacial score (nSPS) is 13.7. The van der Waals surface area contributed by atoms with Gasteiger partial charge in [0, 0.05) is 11.0 Å². The average molecular weight is 922 g/mol. The molecule has 6 aromatic carbocycles. The second-order valence-electron chi connectivity index (χ2n) is 15.8. The maximum atomic E-state index is 14.4. The summed E-state index contributed by atoms with van der Waals surface area (Å²) in [6.45, 7) is 7.50. The first-order chi connectivity index (χ1) is 32.5. The molecular formula is C57H42N4NiO5. The summed E-state index contributed by atoms with van der Waals surface area (Å²) in [7, 11) is 0. The molecule has 8 bridgehead atoms. The molecule has 0 amide bonds. The number of rotatable bonds is 11. The number of fused-ring (bicyclic) bond motifs is 9. The van der Waals surface area contributed by atoms with Crippen LogP contribution in [-0.2, 0) is 16.5 Å². The van der Waals surface area contributed by atoms with Crippen LogP contribution in [-0.4, -0.2) is 37.2 Å². The van der Waals surface area contributed by atoms with Crippen LogP contribution in [0.15, 0.2) is 185 Å². The average Bonchev–Trinajstić information content (AvgIpc) is 4.19. The number of carbonyl (C=O) groups is 1. The van der Waals surface area contributed by atoms with Crippen molar-refractivity contribution >= 4 is 50.2 Å². The van der Waals surface area contributed by atoms with E-state index in [1.165, 1.54) is 0 Å². The Morgan fingerprint density at radius 2 is 1.09 bits per heavy atom. The molecule has 330 valence electrons. The van der Waals surface area contributed by atoms with E-state index >= 15 is 0 Å². The number of esters is 1. The van der Waals surface area contributed by atoms with Gasteiger partial charge in [-0.2, -0.15) is 0 Å². The fraction of sp³-hybridized carbons (Fsp3) is 0.105. The number of aromatic nitrogens is 2. The molecule has 5 heterocycles. The summed E-state index contributed by atoms with van der Waals surface area (Å²) in [6, 6.07) is 45.4. The summed E-state index contributed by atoms with van der Waals surface area (Å²) in [6.07, 6.45) is 7.99. The third-order valence-corrected chi connectivity index (χ3v) is 11.8. The number of benzene rings is 6. The van der Waals surface area contributed by atoms with Crippen molar-refractivity contribution in [3.05, 3.63) is 203 Å². The standard InChI is InChI=1S/C57H42N4O5.Ni/c1-4-63-38-21-17-35(18-22-38)50-43-27-28-44(58-43)51(36-19-23-39(24-20-36)64-5-2)46-31-32-48(60-46)54-56(66-57(62)37-15-11-8-12-16-37)53-49(34-13-9-7-10-14-34)42-33-40(65-6-3)25-26-41(42)52(55(53)61-54)47-30-29-45(50)59-47;/h7-33H,4-6H2,1-3H3;/q-2;+2. The molecular weight excluding hydrogens is 879 g/mol. The fourth-order valence-corrected chi connectivity index (χ4v) is 9.02. The maximum absolute atomic E-state index is 14.4. The Bertz CT molecular complexity index is 3410. The molecule has 0 saturated carbocycles. The Hall–Kier alpha value is -7.94. The van der Waals surface area contributed by atoms with Crippen LogP contribution in [0.3, 0.4) is 0 Å². The molecule has 9 nitrogen and oxygen atoms in total. The van der Waals surface area contributed by atoms with E-state index in [9.17, 15) is 4.79 Å². The summed E-state index contributed by atoms with van der Waals surface area (Å²) in [5.41, 5.74) is 11.6. The predicted molar refractivity (Wildman–Crippen MR) is 262 cm³/mol. The molecule has 3 aliphatic heterocycles. The van der Waals surface area contributed by atoms with E-state index in [0.717, 1.165) is 78.3 Å². The molecule has 0 N–H and O–H groups in total. The Balaban J connectivity index is 0.00000525. The molecule has 0 unspecified atom stereocenters. The fourth-order valence-electron chi connectivity index (χ4n) is 9.02. The van der Waals surface area contributed by atoms with Crippen LogP contribution in [0, 0.1) is 0 Å². The van der Waals surface area contributed by atoms with Gasteiger partial charge in [-0.1, -0.05) is 96.7 Å². The van der Waals surface area contributed by atoms with Gasteiger partial charge in [-0.15, -0.1) is 16.9 Å². The first-order valence-corrected chi connectivity index (χ1v) is 22.2. The summed E-state index contributed by atoms with van der Waals surface area (Å²) in [5, 5.41) is 2.45. The SMILES string of the molecule is CCOc1ccc(C2=C3C=CC(=N3)c3[n-]c4c(c5ccc(OCC)cc5c(-c5ccccc5)c4c3OC(=O)c3ccccc3)-c3ccc([n-]3)C(c3ccc(OCC)cc3)=C3C=CC2=N3)cc1.[Ni+2]. The molecule has 67 heavy (non-hydrogen) atoms. The third-order valence-electron chi connectivity index (χ3n) is 11.8. The van der Waals surface area contributed by atoms with Crippen LogP contribution in [0.2, 0.25) is 0 Å². The number of aliphatic imine (C=N–C) groups is 2. The van der Waals surface area contributed by atoms with Gasteiger partial charge in [0.05, 0.1) is 48.2 Å². The van der Waals surface area contributed by atoms with Gasteiger partial charge >= 0.3 is 22.5 Å². The van der Waals surface area contributed by atoms with E-state index in [2.05, 4.69) is 36.4 Å². The van der Waals surface area contributed by atoms with Gasteiger partial charge < -0.3 is 28.9 Å². The molecule has 0 aliphatic carbocycles. The predicted octanol–water partition coefficient (Wildman–Crippen LogP) is 12.2. The largest absolute Gasteiger partial charge is 2.00 e. The van der Waals surface area contributed by atoms with Gasteiger partial charge in [-0.25, -0.2) is 14.8 Å². The molecule has 0 atom stereocenters. The van der Waals surface area contributed by atoms with E-state index in [0.29, 0.717) is 70.6 Å². The Morgan fingerprint density at radius 3 is 1.76 bits per heavy atom. The third kappa shape index (κ3) is 7.79. The van der Waals surface area contributed by atoms with Crippen LogP contribution in [0.4, 0.5) is 0 Å². The van der Waals surface area contributed by atoms with E-state index in [4.69, 9.17) is 38.9 Å². The minimum Gasteiger partial charge on any atom is -0.657 e. The number of hydrogen-bond donors (Lipinski definition) is 0. The molecule has 10 heteroatoms. The Kier molecular flexibility index (Phi) is 11.6. The van der Waals surface area contributed by atoms with Crippen molar-refractivity contribution in [3.8, 4) is 45.4 Å². The van der Waals surface area contributed by atoms with Crippen molar-refractivity contribution in [2.45, 2.75) is 20.8 Å². The van der Waals surface area contributed by atoms with Gasteiger partial charge in [0.1, 0.15) is 23.0 Å². The van der Waals surface area contributed by atoms with Gasteiger partial charge in [-0.3, -0.25) is 0 Å². The molecule has 2 aromatic heterocycles. The number of allylic oxidation sites excluding steroid dienone is 5. The molecule has 0 spiro atoms. The monoisotopic (exact) mass is 920 g/mol. The van der Waals surface area contributed by atoms with Crippen LogP contribution >= 0.6 is 0 Å². The van der Waals surface area contributed by atoms with Crippen molar-refractivity contribution < 1.29 is 40.2 Å². The second kappa shape index (κ2) is 18.2. The Morgan fingerprint density at radius 1 is 0.522 bits per heavy atom. The second-order valence-corrected chi connectivity index (χ2v) is 15.8. The van der Waals surface area contributed by atoms with Crippen LogP contribution in [0.25, 0.3) is 55.2 Å². The van der Waals surface area contributed by atoms with Crippen molar-refractivity contribution in [2.24, 2.45) is 9.98 Å². The number of nitrogens with zero attached hydrogens (tertiary/aromatic N) is 4. The molecule has 8 aromatic rings. The van der Waals surface area contributed by atoms with Crippen molar-refractivity contribution in [3.63, 3.8) is 0 Å². The first-order valence-electron chi connectivity index (χ1n) is 22.2. The summed E-state index contributed by atoms with van der Waals surface area (Å²) in [4.78, 5) is 36.1. The van der Waals surface area contributed by atoms with E-state index in [-0.39, 0.29) is 16.5 Å². The van der Waals surface area contributed by atoms with Gasteiger partial charge in [0.25, 0.3) is 0 Å². The molecule has 3 aliphatic rings. The molecule has 0 fully saturated rings. The molecule has 0 saturated heterocycles. The van der Waals surface area contributed by atoms with Crippen LogP contribution in [0.5, 0.6) is 23.0 Å². The van der Waals surface area contributed by atoms with Gasteiger partial charge in [0.15, 0.2) is 0 Å². The zero-order valence-corrected chi connectivity index (χ0v) is 37.8. The van der Waals surface area contributed by atoms with E-state index in [1.54, 1.807) is 12.1 Å². The van der Waals surface area contributed by atoms with Crippen molar-refractivity contribution in [2.75, 3.05) is 19.8 Å². The van der Waals surface area contributed by atoms with Crippen molar-refractivity contribution in [1.82, 2.24) is 9.97 Å². The summed E-state index contributed by atoms with van der Waals surface area (Å²) in [5.74, 6) is 2.02. The topological polar surface area (TPSA) is 107 Å². The number of hydrogen-bond acceptors (Lipinski definition) is 7. The van der Waals surface area contributed by atoms with E-state index in [1.807, 2.05) is 136 Å². The van der Waals surface area contributed by atoms with Crippen molar-refractivity contribution in [1.29, 1.82) is 0 Å². The quantitative estimate of drug-likeness (QED) is 0.0939. The van der Waals surface area contributed by atoms with E-state index < -0.39 is 5.97 Å². The maximum Gasteiger partial charge on any atom is 2.00 e. The van der Waals surface area contributed by atoms with Crippen LogP contribution in [0.1, 0.15) is 53.6 Å². The minimum atomic E-state index is -0.519. The first kappa shape index (κ1) is 43.0. The van der Waals surface area contributed by atoms with Gasteiger partial charge in [-0.05, 0) is 138 Å². The molecule has 0 radical (unpaired) electrons. The summed E-state index contributed by atoms with van der Waals surface area (Å²) >= 11 is 0. The van der Waals surface area contributed by atoms with Gasteiger partial charge in [0.2, 0.25) is 0 Å². The smallest absolute Gasteiger partial charge is 0.657 e. The Labute approximate surface area is 397 Å². The molecule has 11 rings (SSSR count). The number of ether oxygens (including phenoxy) is 4. The minimum absolute atomic E-state index is 0. The zero-order chi connectivity index (χ0) is 44.7. The summed E-state index contributed by atoms with van der Waals surface area (Å²) < 4.78 is 24.5.